The van der Waals surface area contributed by atoms with E-state index in [1.807, 2.05) is 66.7 Å². The SMILES string of the molecule is CC(=O)Cc1ccc(C=CCCNC(=O)OCc2ccccc2)cc1. The summed E-state index contributed by atoms with van der Waals surface area (Å²) >= 11 is 0. The van der Waals surface area contributed by atoms with Gasteiger partial charge in [-0.2, -0.15) is 0 Å². The quantitative estimate of drug-likeness (QED) is 0.736. The van der Waals surface area contributed by atoms with Gasteiger partial charge in [-0.05, 0) is 30.0 Å². The minimum atomic E-state index is -0.411. The lowest BCUT2D eigenvalue weighted by Gasteiger charge is -2.05. The molecule has 0 aliphatic heterocycles. The van der Waals surface area contributed by atoms with Gasteiger partial charge in [-0.3, -0.25) is 4.79 Å². The van der Waals surface area contributed by atoms with Crippen molar-refractivity contribution in [2.24, 2.45) is 0 Å². The molecule has 1 N–H and O–H groups in total. The highest BCUT2D eigenvalue weighted by Crippen LogP contribution is 2.07. The van der Waals surface area contributed by atoms with Crippen LogP contribution in [0.1, 0.15) is 30.0 Å². The molecule has 0 heterocycles. The number of amides is 1. The lowest BCUT2D eigenvalue weighted by atomic mass is 10.1. The van der Waals surface area contributed by atoms with Crippen LogP contribution in [0.4, 0.5) is 4.79 Å². The van der Waals surface area contributed by atoms with E-state index in [4.69, 9.17) is 4.74 Å². The number of Topliss-reactive ketones (excluding diaryl/α,β-unsaturated/α-hetero) is 1. The number of alkyl carbamates (subject to hydrolysis) is 1. The second kappa shape index (κ2) is 10.1. The van der Waals surface area contributed by atoms with E-state index in [0.717, 1.165) is 23.1 Å². The van der Waals surface area contributed by atoms with Crippen LogP contribution in [-0.2, 0) is 22.6 Å². The lowest BCUT2D eigenvalue weighted by molar-refractivity contribution is -0.116. The molecule has 0 saturated heterocycles. The van der Waals surface area contributed by atoms with Crippen LogP contribution in [-0.4, -0.2) is 18.4 Å². The van der Waals surface area contributed by atoms with Gasteiger partial charge in [0.1, 0.15) is 12.4 Å². The highest BCUT2D eigenvalue weighted by molar-refractivity contribution is 5.78. The van der Waals surface area contributed by atoms with Crippen LogP contribution in [0.3, 0.4) is 0 Å². The Morgan fingerprint density at radius 3 is 2.40 bits per heavy atom. The highest BCUT2D eigenvalue weighted by Gasteiger charge is 2.00. The number of hydrogen-bond donors (Lipinski definition) is 1. The molecule has 0 saturated carbocycles. The van der Waals surface area contributed by atoms with Gasteiger partial charge in [-0.1, -0.05) is 66.7 Å². The van der Waals surface area contributed by atoms with Gasteiger partial charge in [-0.15, -0.1) is 0 Å². The summed E-state index contributed by atoms with van der Waals surface area (Å²) in [5, 5.41) is 2.72. The van der Waals surface area contributed by atoms with Gasteiger partial charge in [0.05, 0.1) is 0 Å². The maximum atomic E-state index is 11.6. The molecule has 130 valence electrons. The van der Waals surface area contributed by atoms with Crippen molar-refractivity contribution in [3.63, 3.8) is 0 Å². The number of benzene rings is 2. The van der Waals surface area contributed by atoms with Crippen molar-refractivity contribution >= 4 is 18.0 Å². The van der Waals surface area contributed by atoms with Gasteiger partial charge in [0.15, 0.2) is 0 Å². The molecule has 2 aromatic carbocycles. The fourth-order valence-electron chi connectivity index (χ4n) is 2.29. The Balaban J connectivity index is 1.64. The molecule has 0 aromatic heterocycles. The monoisotopic (exact) mass is 337 g/mol. The number of nitrogens with one attached hydrogen (secondary N) is 1. The molecule has 0 spiro atoms. The summed E-state index contributed by atoms with van der Waals surface area (Å²) < 4.78 is 5.14. The zero-order valence-electron chi connectivity index (χ0n) is 14.4. The van der Waals surface area contributed by atoms with Crippen LogP contribution in [0.15, 0.2) is 60.7 Å². The largest absolute Gasteiger partial charge is 0.445 e. The van der Waals surface area contributed by atoms with Gasteiger partial charge in [0, 0.05) is 13.0 Å². The Morgan fingerprint density at radius 2 is 1.72 bits per heavy atom. The average Bonchev–Trinajstić information content (AvgIpc) is 2.61. The zero-order valence-corrected chi connectivity index (χ0v) is 14.4. The first-order chi connectivity index (χ1) is 12.1. The number of carbonyl (C=O) groups is 2. The number of rotatable bonds is 8. The van der Waals surface area contributed by atoms with Gasteiger partial charge >= 0.3 is 6.09 Å². The highest BCUT2D eigenvalue weighted by atomic mass is 16.5. The molecule has 0 aliphatic rings. The molecule has 4 heteroatoms. The average molecular weight is 337 g/mol. The van der Waals surface area contributed by atoms with Crippen molar-refractivity contribution in [2.75, 3.05) is 6.54 Å². The topological polar surface area (TPSA) is 55.4 Å². The summed E-state index contributed by atoms with van der Waals surface area (Å²) in [5.41, 5.74) is 3.05. The van der Waals surface area contributed by atoms with E-state index in [1.165, 1.54) is 0 Å². The van der Waals surface area contributed by atoms with Crippen molar-refractivity contribution in [1.29, 1.82) is 0 Å². The normalized spacial score (nSPS) is 10.6. The molecule has 0 radical (unpaired) electrons. The van der Waals surface area contributed by atoms with E-state index in [0.29, 0.717) is 13.0 Å². The Kier molecular flexibility index (Phi) is 7.44. The summed E-state index contributed by atoms with van der Waals surface area (Å²) in [4.78, 5) is 22.7. The van der Waals surface area contributed by atoms with Crippen LogP contribution in [0.5, 0.6) is 0 Å². The van der Waals surface area contributed by atoms with Crippen LogP contribution >= 0.6 is 0 Å². The summed E-state index contributed by atoms with van der Waals surface area (Å²) in [6, 6.07) is 17.5. The third-order valence-corrected chi connectivity index (χ3v) is 3.54. The molecule has 0 aliphatic carbocycles. The van der Waals surface area contributed by atoms with Crippen molar-refractivity contribution in [3.8, 4) is 0 Å². The van der Waals surface area contributed by atoms with Crippen LogP contribution in [0.2, 0.25) is 0 Å². The van der Waals surface area contributed by atoms with E-state index < -0.39 is 6.09 Å². The Labute approximate surface area is 148 Å². The zero-order chi connectivity index (χ0) is 17.9. The minimum Gasteiger partial charge on any atom is -0.445 e. The standard InChI is InChI=1S/C21H23NO3/c1-17(23)15-19-12-10-18(11-13-19)7-5-6-14-22-21(24)25-16-20-8-3-2-4-9-20/h2-5,7-13H,6,14-16H2,1H3,(H,22,24). The second-order valence-electron chi connectivity index (χ2n) is 5.80. The molecule has 2 aromatic rings. The molecule has 25 heavy (non-hydrogen) atoms. The third-order valence-electron chi connectivity index (χ3n) is 3.54. The van der Waals surface area contributed by atoms with Crippen molar-refractivity contribution < 1.29 is 14.3 Å². The number of carbonyl (C=O) groups excluding carboxylic acids is 2. The molecule has 0 fully saturated rings. The smallest absolute Gasteiger partial charge is 0.407 e. The van der Waals surface area contributed by atoms with Crippen molar-refractivity contribution in [2.45, 2.75) is 26.4 Å². The number of ketones is 1. The Hall–Kier alpha value is -2.88. The van der Waals surface area contributed by atoms with Crippen LogP contribution in [0.25, 0.3) is 6.08 Å². The van der Waals surface area contributed by atoms with Crippen molar-refractivity contribution in [3.05, 3.63) is 77.4 Å². The maximum Gasteiger partial charge on any atom is 0.407 e. The molecule has 0 atom stereocenters. The minimum absolute atomic E-state index is 0.161. The number of hydrogen-bond acceptors (Lipinski definition) is 3. The maximum absolute atomic E-state index is 11.6. The molecule has 1 amide bonds. The summed E-state index contributed by atoms with van der Waals surface area (Å²) in [6.07, 6.45) is 4.77. The fraction of sp³-hybridized carbons (Fsp3) is 0.238. The van der Waals surface area contributed by atoms with E-state index in [2.05, 4.69) is 5.32 Å². The first kappa shape index (κ1) is 18.5. The summed E-state index contributed by atoms with van der Waals surface area (Å²) in [6.45, 7) is 2.38. The molecule has 2 rings (SSSR count). The van der Waals surface area contributed by atoms with Gasteiger partial charge in [-0.25, -0.2) is 4.79 Å². The van der Waals surface area contributed by atoms with Crippen LogP contribution in [0, 0.1) is 0 Å². The first-order valence-electron chi connectivity index (χ1n) is 8.33. The van der Waals surface area contributed by atoms with Gasteiger partial charge < -0.3 is 10.1 Å². The Bertz CT molecular complexity index is 706. The summed E-state index contributed by atoms with van der Waals surface area (Å²) in [5.74, 6) is 0.161. The van der Waals surface area contributed by atoms with Crippen molar-refractivity contribution in [1.82, 2.24) is 5.32 Å². The molecular formula is C21H23NO3. The van der Waals surface area contributed by atoms with E-state index >= 15 is 0 Å². The fourth-order valence-corrected chi connectivity index (χ4v) is 2.29. The third kappa shape index (κ3) is 7.48. The molecule has 0 bridgehead atoms. The van der Waals surface area contributed by atoms with E-state index in [9.17, 15) is 9.59 Å². The molecule has 4 nitrogen and oxygen atoms in total. The first-order valence-corrected chi connectivity index (χ1v) is 8.33. The Morgan fingerprint density at radius 1 is 1.00 bits per heavy atom. The second-order valence-corrected chi connectivity index (χ2v) is 5.80. The van der Waals surface area contributed by atoms with E-state index in [1.54, 1.807) is 6.92 Å². The van der Waals surface area contributed by atoms with Gasteiger partial charge in [0.2, 0.25) is 0 Å². The predicted octanol–water partition coefficient (Wildman–Crippen LogP) is 4.15. The van der Waals surface area contributed by atoms with E-state index in [-0.39, 0.29) is 12.4 Å². The number of ether oxygens (including phenoxy) is 1. The van der Waals surface area contributed by atoms with Gasteiger partial charge in [0.25, 0.3) is 0 Å². The predicted molar refractivity (Wildman–Crippen MR) is 99.1 cm³/mol. The summed E-state index contributed by atoms with van der Waals surface area (Å²) in [7, 11) is 0. The van der Waals surface area contributed by atoms with Crippen LogP contribution < -0.4 is 5.32 Å². The molecular weight excluding hydrogens is 314 g/mol. The molecule has 0 unspecified atom stereocenters. The lowest BCUT2D eigenvalue weighted by Crippen LogP contribution is -2.24.